The fraction of sp³-hybridized carbons (Fsp3) is 0.375. The minimum absolute atomic E-state index is 0.180. The van der Waals surface area contributed by atoms with Crippen molar-refractivity contribution in [2.24, 2.45) is 0 Å². The van der Waals surface area contributed by atoms with Crippen LogP contribution < -0.4 is 4.90 Å². The predicted octanol–water partition coefficient (Wildman–Crippen LogP) is 2.79. The Balaban J connectivity index is 1.86. The number of rotatable bonds is 6. The number of halogens is 1. The number of anilines is 1. The third-order valence-electron chi connectivity index (χ3n) is 5.81. The van der Waals surface area contributed by atoms with Crippen LogP contribution >= 0.6 is 0 Å². The predicted molar refractivity (Wildman–Crippen MR) is 124 cm³/mol. The van der Waals surface area contributed by atoms with E-state index in [1.54, 1.807) is 58.0 Å². The number of ether oxygens (including phenoxy) is 1. The van der Waals surface area contributed by atoms with Gasteiger partial charge in [0.1, 0.15) is 12.8 Å². The van der Waals surface area contributed by atoms with Gasteiger partial charge in [-0.3, -0.25) is 9.78 Å². The van der Waals surface area contributed by atoms with E-state index in [1.165, 1.54) is 11.0 Å². The van der Waals surface area contributed by atoms with Gasteiger partial charge in [-0.25, -0.2) is 9.37 Å². The SMILES string of the molecule is CN(C)C(=O)c1cc(C(CO)N(C)C2=CC(F)CC=C2)c2nc(N3C=COCC3)cnc2c1. The summed E-state index contributed by atoms with van der Waals surface area (Å²) in [6, 6.07) is 2.89. The van der Waals surface area contributed by atoms with Gasteiger partial charge in [-0.1, -0.05) is 6.08 Å². The van der Waals surface area contributed by atoms with Gasteiger partial charge in [0.2, 0.25) is 0 Å². The van der Waals surface area contributed by atoms with Gasteiger partial charge < -0.3 is 24.5 Å². The van der Waals surface area contributed by atoms with E-state index >= 15 is 0 Å². The lowest BCUT2D eigenvalue weighted by molar-refractivity contribution is 0.0827. The Morgan fingerprint density at radius 1 is 1.36 bits per heavy atom. The summed E-state index contributed by atoms with van der Waals surface area (Å²) in [5, 5.41) is 10.4. The zero-order valence-electron chi connectivity index (χ0n) is 19.0. The molecule has 0 fully saturated rings. The molecule has 2 aliphatic rings. The van der Waals surface area contributed by atoms with Gasteiger partial charge in [-0.05, 0) is 24.3 Å². The van der Waals surface area contributed by atoms with Crippen LogP contribution in [0.3, 0.4) is 0 Å². The van der Waals surface area contributed by atoms with E-state index in [2.05, 4.69) is 4.98 Å². The Bertz CT molecular complexity index is 1130. The molecule has 0 saturated heterocycles. The number of carbonyl (C=O) groups is 1. The van der Waals surface area contributed by atoms with Crippen molar-refractivity contribution in [1.29, 1.82) is 0 Å². The minimum atomic E-state index is -1.08. The fourth-order valence-corrected chi connectivity index (χ4v) is 3.98. The number of alkyl halides is 1. The summed E-state index contributed by atoms with van der Waals surface area (Å²) >= 11 is 0. The summed E-state index contributed by atoms with van der Waals surface area (Å²) in [5.41, 5.74) is 2.86. The van der Waals surface area contributed by atoms with Crippen molar-refractivity contribution < 1.29 is 19.0 Å². The van der Waals surface area contributed by atoms with Crippen LogP contribution in [0.2, 0.25) is 0 Å². The fourth-order valence-electron chi connectivity index (χ4n) is 3.98. The number of aliphatic hydroxyl groups excluding tert-OH is 1. The topological polar surface area (TPSA) is 82.0 Å². The van der Waals surface area contributed by atoms with Gasteiger partial charge in [-0.2, -0.15) is 0 Å². The van der Waals surface area contributed by atoms with Crippen LogP contribution in [-0.2, 0) is 4.74 Å². The van der Waals surface area contributed by atoms with E-state index in [0.29, 0.717) is 53.2 Å². The Kier molecular flexibility index (Phi) is 6.60. The molecule has 0 radical (unpaired) electrons. The lowest BCUT2D eigenvalue weighted by Gasteiger charge is -2.32. The van der Waals surface area contributed by atoms with Crippen molar-refractivity contribution in [1.82, 2.24) is 19.8 Å². The van der Waals surface area contributed by atoms with E-state index in [9.17, 15) is 14.3 Å². The summed E-state index contributed by atoms with van der Waals surface area (Å²) in [6.07, 6.45) is 9.46. The zero-order valence-corrected chi connectivity index (χ0v) is 19.0. The molecule has 2 atom stereocenters. The minimum Gasteiger partial charge on any atom is -0.498 e. The van der Waals surface area contributed by atoms with E-state index < -0.39 is 12.2 Å². The largest absolute Gasteiger partial charge is 0.498 e. The molecule has 1 amide bonds. The quantitative estimate of drug-likeness (QED) is 0.720. The highest BCUT2D eigenvalue weighted by molar-refractivity contribution is 5.98. The van der Waals surface area contributed by atoms with E-state index in [1.807, 2.05) is 15.9 Å². The molecule has 2 unspecified atom stereocenters. The number of carbonyl (C=O) groups excluding carboxylic acids is 1. The lowest BCUT2D eigenvalue weighted by Crippen LogP contribution is -2.29. The van der Waals surface area contributed by atoms with Crippen LogP contribution in [0.1, 0.15) is 28.4 Å². The number of likely N-dealkylation sites (N-methyl/N-ethyl adjacent to an activating group) is 1. The standard InChI is InChI=1S/C24H28FN5O3/c1-28(2)24(32)16-11-19(21(15-31)29(3)18-6-4-5-17(25)13-18)23-20(12-16)26-14-22(27-23)30-7-9-33-10-8-30/h4,6-7,9,11-14,17,21,31H,5,8,10,15H2,1-3H3. The lowest BCUT2D eigenvalue weighted by atomic mass is 9.98. The second-order valence-corrected chi connectivity index (χ2v) is 8.27. The van der Waals surface area contributed by atoms with Crippen LogP contribution in [0.25, 0.3) is 11.0 Å². The summed E-state index contributed by atoms with van der Waals surface area (Å²) in [4.78, 5) is 27.4. The van der Waals surface area contributed by atoms with E-state index in [4.69, 9.17) is 9.72 Å². The number of hydrogen-bond acceptors (Lipinski definition) is 7. The van der Waals surface area contributed by atoms with Gasteiger partial charge in [-0.15, -0.1) is 0 Å². The molecular formula is C24H28FN5O3. The molecular weight excluding hydrogens is 425 g/mol. The number of benzene rings is 1. The first-order valence-electron chi connectivity index (χ1n) is 10.8. The highest BCUT2D eigenvalue weighted by Gasteiger charge is 2.25. The average molecular weight is 454 g/mol. The van der Waals surface area contributed by atoms with E-state index in [-0.39, 0.29) is 12.5 Å². The van der Waals surface area contributed by atoms with Crippen LogP contribution in [0.5, 0.6) is 0 Å². The van der Waals surface area contributed by atoms with Crippen molar-refractivity contribution in [2.45, 2.75) is 18.6 Å². The number of allylic oxidation sites excluding steroid dienone is 3. The average Bonchev–Trinajstić information content (AvgIpc) is 2.84. The number of aliphatic hydroxyl groups is 1. The Labute approximate surface area is 192 Å². The first kappa shape index (κ1) is 22.7. The van der Waals surface area contributed by atoms with Gasteiger partial charge in [0.05, 0.1) is 42.7 Å². The molecule has 33 heavy (non-hydrogen) atoms. The maximum Gasteiger partial charge on any atom is 0.253 e. The molecule has 0 spiro atoms. The summed E-state index contributed by atoms with van der Waals surface area (Å²) < 4.78 is 19.3. The van der Waals surface area contributed by atoms with Crippen LogP contribution in [-0.4, -0.2) is 77.9 Å². The Hall–Kier alpha value is -3.46. The molecule has 174 valence electrons. The highest BCUT2D eigenvalue weighted by Crippen LogP contribution is 2.32. The van der Waals surface area contributed by atoms with Gasteiger partial charge in [0.15, 0.2) is 5.82 Å². The number of aromatic nitrogens is 2. The second kappa shape index (κ2) is 9.58. The molecule has 1 aromatic heterocycles. The molecule has 0 bridgehead atoms. The molecule has 2 heterocycles. The second-order valence-electron chi connectivity index (χ2n) is 8.27. The highest BCUT2D eigenvalue weighted by atomic mass is 19.1. The molecule has 2 aromatic rings. The van der Waals surface area contributed by atoms with Crippen molar-refractivity contribution in [3.63, 3.8) is 0 Å². The molecule has 1 N–H and O–H groups in total. The molecule has 0 saturated carbocycles. The van der Waals surface area contributed by atoms with Crippen molar-refractivity contribution >= 4 is 22.8 Å². The van der Waals surface area contributed by atoms with Gasteiger partial charge >= 0.3 is 0 Å². The third kappa shape index (κ3) is 4.68. The van der Waals surface area contributed by atoms with Crippen molar-refractivity contribution in [2.75, 3.05) is 45.8 Å². The Morgan fingerprint density at radius 2 is 2.18 bits per heavy atom. The Morgan fingerprint density at radius 3 is 2.85 bits per heavy atom. The molecule has 8 nitrogen and oxygen atoms in total. The van der Waals surface area contributed by atoms with Crippen LogP contribution in [0.15, 0.2) is 54.7 Å². The van der Waals surface area contributed by atoms with Crippen LogP contribution in [0.4, 0.5) is 10.2 Å². The number of hydrogen-bond donors (Lipinski definition) is 1. The van der Waals surface area contributed by atoms with Crippen LogP contribution in [0, 0.1) is 0 Å². The normalized spacial score (nSPS) is 18.6. The zero-order chi connectivity index (χ0) is 23.5. The van der Waals surface area contributed by atoms with Gasteiger partial charge in [0.25, 0.3) is 5.91 Å². The molecule has 1 aliphatic carbocycles. The smallest absolute Gasteiger partial charge is 0.253 e. The monoisotopic (exact) mass is 453 g/mol. The number of fused-ring (bicyclic) bond motifs is 1. The summed E-state index contributed by atoms with van der Waals surface area (Å²) in [7, 11) is 5.16. The molecule has 1 aliphatic heterocycles. The third-order valence-corrected chi connectivity index (χ3v) is 5.81. The molecule has 4 rings (SSSR count). The molecule has 1 aromatic carbocycles. The summed E-state index contributed by atoms with van der Waals surface area (Å²) in [5.74, 6) is 0.454. The first-order valence-corrected chi connectivity index (χ1v) is 10.8. The van der Waals surface area contributed by atoms with E-state index in [0.717, 1.165) is 0 Å². The first-order chi connectivity index (χ1) is 15.9. The number of nitrogens with zero attached hydrogens (tertiary/aromatic N) is 5. The summed E-state index contributed by atoms with van der Waals surface area (Å²) in [6.45, 7) is 0.908. The van der Waals surface area contributed by atoms with Crippen molar-refractivity contribution in [3.8, 4) is 0 Å². The maximum atomic E-state index is 14.0. The van der Waals surface area contributed by atoms with Gasteiger partial charge in [0, 0.05) is 50.6 Å². The molecule has 9 heteroatoms. The maximum absolute atomic E-state index is 14.0. The van der Waals surface area contributed by atoms with Crippen molar-refractivity contribution in [3.05, 3.63) is 65.8 Å². The number of amides is 1.